The van der Waals surface area contributed by atoms with E-state index in [1.54, 1.807) is 0 Å². The number of phosphoric acid groups is 1. The van der Waals surface area contributed by atoms with Gasteiger partial charge in [0.2, 0.25) is 0 Å². The third-order valence-corrected chi connectivity index (χ3v) is 6.82. The quantitative estimate of drug-likeness (QED) is 0.0898. The smallest absolute Gasteiger partial charge is 0.391 e. The molecular formula is C25H55NO5P+. The molecule has 0 aliphatic carbocycles. The van der Waals surface area contributed by atoms with Crippen LogP contribution in [0.15, 0.2) is 0 Å². The fourth-order valence-electron chi connectivity index (χ4n) is 3.66. The minimum absolute atomic E-state index is 0.145. The van der Waals surface area contributed by atoms with Crippen LogP contribution in [0.5, 0.6) is 0 Å². The molecule has 0 heterocycles. The molecule has 7 heteroatoms. The van der Waals surface area contributed by atoms with Crippen molar-refractivity contribution in [2.24, 2.45) is 0 Å². The van der Waals surface area contributed by atoms with E-state index in [1.807, 2.05) is 21.1 Å². The van der Waals surface area contributed by atoms with Crippen LogP contribution in [0.25, 0.3) is 0 Å². The molecule has 0 saturated heterocycles. The van der Waals surface area contributed by atoms with Gasteiger partial charge in [0.25, 0.3) is 0 Å². The van der Waals surface area contributed by atoms with Crippen molar-refractivity contribution in [3.63, 3.8) is 0 Å². The lowest BCUT2D eigenvalue weighted by Gasteiger charge is -2.24. The van der Waals surface area contributed by atoms with Crippen LogP contribution >= 0.6 is 7.82 Å². The number of likely N-dealkylation sites (N-methyl/N-ethyl adjacent to an activating group) is 1. The van der Waals surface area contributed by atoms with Gasteiger partial charge in [0.1, 0.15) is 13.2 Å². The fraction of sp³-hybridized carbons (Fsp3) is 1.00. The van der Waals surface area contributed by atoms with Crippen molar-refractivity contribution in [3.05, 3.63) is 0 Å². The van der Waals surface area contributed by atoms with E-state index in [1.165, 1.54) is 89.9 Å². The summed E-state index contributed by atoms with van der Waals surface area (Å²) in [6, 6.07) is 0. The van der Waals surface area contributed by atoms with E-state index in [0.717, 1.165) is 12.8 Å². The maximum Gasteiger partial charge on any atom is 0.472 e. The molecule has 0 saturated carbocycles. The Bertz CT molecular complexity index is 456. The zero-order valence-corrected chi connectivity index (χ0v) is 22.6. The lowest BCUT2D eigenvalue weighted by atomic mass is 10.0. The number of rotatable bonds is 24. The summed E-state index contributed by atoms with van der Waals surface area (Å²) in [4.78, 5) is 9.67. The van der Waals surface area contributed by atoms with Crippen molar-refractivity contribution in [1.29, 1.82) is 0 Å². The summed E-state index contributed by atoms with van der Waals surface area (Å²) in [5, 5.41) is 9.97. The van der Waals surface area contributed by atoms with Crippen molar-refractivity contribution >= 4 is 7.82 Å². The lowest BCUT2D eigenvalue weighted by molar-refractivity contribution is -0.870. The van der Waals surface area contributed by atoms with Gasteiger partial charge in [-0.1, -0.05) is 110 Å². The SMILES string of the molecule is CCCCCCCCCCCCCCCCCC[C@@H](O)COP(=O)(O)OCC[N+](C)(C)C. The maximum atomic E-state index is 11.8. The number of aliphatic hydroxyl groups is 1. The molecule has 194 valence electrons. The van der Waals surface area contributed by atoms with Crippen LogP contribution in [-0.2, 0) is 13.6 Å². The zero-order valence-electron chi connectivity index (χ0n) is 21.7. The molecule has 0 spiro atoms. The van der Waals surface area contributed by atoms with Gasteiger partial charge in [0.05, 0.1) is 33.9 Å². The summed E-state index contributed by atoms with van der Waals surface area (Å²) in [7, 11) is 1.86. The Morgan fingerprint density at radius 1 is 0.719 bits per heavy atom. The Hall–Kier alpha value is 0.0300. The number of phosphoric ester groups is 1. The predicted molar refractivity (Wildman–Crippen MR) is 135 cm³/mol. The molecule has 0 radical (unpaired) electrons. The van der Waals surface area contributed by atoms with E-state index < -0.39 is 13.9 Å². The van der Waals surface area contributed by atoms with Crippen LogP contribution in [0.4, 0.5) is 0 Å². The first-order valence-corrected chi connectivity index (χ1v) is 14.8. The van der Waals surface area contributed by atoms with Gasteiger partial charge in [0.15, 0.2) is 0 Å². The molecule has 6 nitrogen and oxygen atoms in total. The summed E-state index contributed by atoms with van der Waals surface area (Å²) < 4.78 is 22.3. The van der Waals surface area contributed by atoms with Crippen LogP contribution in [-0.4, -0.2) is 61.5 Å². The van der Waals surface area contributed by atoms with Crippen molar-refractivity contribution in [2.75, 3.05) is 40.9 Å². The molecule has 2 atom stereocenters. The predicted octanol–water partition coefficient (Wildman–Crippen LogP) is 6.84. The summed E-state index contributed by atoms with van der Waals surface area (Å²) in [5.74, 6) is 0. The van der Waals surface area contributed by atoms with Gasteiger partial charge in [-0.3, -0.25) is 9.05 Å². The molecule has 0 aliphatic heterocycles. The molecule has 1 unspecified atom stereocenters. The Morgan fingerprint density at radius 2 is 1.12 bits per heavy atom. The Labute approximate surface area is 199 Å². The molecule has 0 bridgehead atoms. The van der Waals surface area contributed by atoms with Gasteiger partial charge >= 0.3 is 7.82 Å². The first-order valence-electron chi connectivity index (χ1n) is 13.3. The highest BCUT2D eigenvalue weighted by Crippen LogP contribution is 2.43. The minimum Gasteiger partial charge on any atom is -0.391 e. The molecule has 0 amide bonds. The van der Waals surface area contributed by atoms with E-state index in [9.17, 15) is 14.6 Å². The molecular weight excluding hydrogens is 425 g/mol. The van der Waals surface area contributed by atoms with E-state index in [-0.39, 0.29) is 13.2 Å². The molecule has 0 aromatic carbocycles. The van der Waals surface area contributed by atoms with Gasteiger partial charge < -0.3 is 14.5 Å². The largest absolute Gasteiger partial charge is 0.472 e. The Morgan fingerprint density at radius 3 is 1.53 bits per heavy atom. The third-order valence-electron chi connectivity index (χ3n) is 5.84. The molecule has 2 N–H and O–H groups in total. The van der Waals surface area contributed by atoms with E-state index in [4.69, 9.17) is 9.05 Å². The van der Waals surface area contributed by atoms with Crippen molar-refractivity contribution in [1.82, 2.24) is 0 Å². The Kier molecular flexibility index (Phi) is 20.4. The number of hydrogen-bond acceptors (Lipinski definition) is 4. The first kappa shape index (κ1) is 32.0. The minimum atomic E-state index is -4.08. The highest BCUT2D eigenvalue weighted by Gasteiger charge is 2.23. The first-order chi connectivity index (χ1) is 15.2. The van der Waals surface area contributed by atoms with Crippen molar-refractivity contribution in [3.8, 4) is 0 Å². The lowest BCUT2D eigenvalue weighted by Crippen LogP contribution is -2.37. The molecule has 0 rings (SSSR count). The highest BCUT2D eigenvalue weighted by molar-refractivity contribution is 7.47. The summed E-state index contributed by atoms with van der Waals surface area (Å²) in [6.07, 6.45) is 20.9. The second-order valence-corrected chi connectivity index (χ2v) is 11.8. The van der Waals surface area contributed by atoms with Crippen LogP contribution in [0.1, 0.15) is 116 Å². The van der Waals surface area contributed by atoms with Crippen LogP contribution in [0, 0.1) is 0 Å². The van der Waals surface area contributed by atoms with Gasteiger partial charge in [-0.2, -0.15) is 0 Å². The summed E-state index contributed by atoms with van der Waals surface area (Å²) in [5.41, 5.74) is 0. The average Bonchev–Trinajstić information content (AvgIpc) is 2.71. The van der Waals surface area contributed by atoms with Gasteiger partial charge in [-0.15, -0.1) is 0 Å². The number of unbranched alkanes of at least 4 members (excludes halogenated alkanes) is 15. The monoisotopic (exact) mass is 480 g/mol. The maximum absolute atomic E-state index is 11.8. The van der Waals surface area contributed by atoms with Crippen LogP contribution in [0.3, 0.4) is 0 Å². The van der Waals surface area contributed by atoms with E-state index in [0.29, 0.717) is 17.4 Å². The Balaban J connectivity index is 3.40. The highest BCUT2D eigenvalue weighted by atomic mass is 31.2. The zero-order chi connectivity index (χ0) is 24.1. The second-order valence-electron chi connectivity index (χ2n) is 10.4. The fourth-order valence-corrected chi connectivity index (χ4v) is 4.41. The van der Waals surface area contributed by atoms with Crippen molar-refractivity contribution in [2.45, 2.75) is 122 Å². The number of hydrogen-bond donors (Lipinski definition) is 2. The standard InChI is InChI=1S/C25H54NO5P/c1-5-6-7-8-9-10-11-12-13-14-15-16-17-18-19-20-21-25(27)24-31-32(28,29)30-23-22-26(2,3)4/h25,27H,5-24H2,1-4H3/p+1/t25-/m1/s1. The number of quaternary nitrogens is 1. The third kappa shape index (κ3) is 24.7. The van der Waals surface area contributed by atoms with Crippen LogP contribution < -0.4 is 0 Å². The molecule has 0 fully saturated rings. The normalized spacial score (nSPS) is 15.1. The molecule has 32 heavy (non-hydrogen) atoms. The van der Waals surface area contributed by atoms with Gasteiger partial charge in [-0.25, -0.2) is 4.57 Å². The van der Waals surface area contributed by atoms with E-state index in [2.05, 4.69) is 6.92 Å². The average molecular weight is 481 g/mol. The summed E-state index contributed by atoms with van der Waals surface area (Å²) >= 11 is 0. The van der Waals surface area contributed by atoms with Gasteiger partial charge in [0, 0.05) is 0 Å². The topological polar surface area (TPSA) is 76.0 Å². The molecule has 0 aliphatic rings. The second kappa shape index (κ2) is 20.4. The summed E-state index contributed by atoms with van der Waals surface area (Å²) in [6.45, 7) is 2.87. The van der Waals surface area contributed by atoms with Gasteiger partial charge in [-0.05, 0) is 6.42 Å². The van der Waals surface area contributed by atoms with E-state index >= 15 is 0 Å². The van der Waals surface area contributed by atoms with Crippen LogP contribution in [0.2, 0.25) is 0 Å². The van der Waals surface area contributed by atoms with Crippen molar-refractivity contribution < 1.29 is 28.1 Å². The number of aliphatic hydroxyl groups excluding tert-OH is 1. The number of nitrogens with zero attached hydrogens (tertiary/aromatic N) is 1. The molecule has 0 aromatic heterocycles. The molecule has 0 aromatic rings.